The summed E-state index contributed by atoms with van der Waals surface area (Å²) in [6, 6.07) is 95.6. The highest BCUT2D eigenvalue weighted by Crippen LogP contribution is 2.44. The van der Waals surface area contributed by atoms with Gasteiger partial charge >= 0.3 is 0 Å². The summed E-state index contributed by atoms with van der Waals surface area (Å²) in [4.78, 5) is 0. The molecular formula is C66H43BN2O2Si. The van der Waals surface area contributed by atoms with Crippen LogP contribution in [0.4, 0.5) is 0 Å². The van der Waals surface area contributed by atoms with Gasteiger partial charge in [0.1, 0.15) is 23.0 Å². The highest BCUT2D eigenvalue weighted by Gasteiger charge is 2.44. The quantitative estimate of drug-likeness (QED) is 0.118. The Labute approximate surface area is 418 Å². The molecule has 13 aromatic rings. The van der Waals surface area contributed by atoms with E-state index in [4.69, 9.17) is 9.47 Å². The highest BCUT2D eigenvalue weighted by atomic mass is 28.3. The summed E-state index contributed by atoms with van der Waals surface area (Å²) in [5.74, 6) is 3.35. The molecule has 0 N–H and O–H groups in total. The fourth-order valence-corrected chi connectivity index (χ4v) is 17.3. The molecule has 4 heterocycles. The molecule has 0 saturated carbocycles. The van der Waals surface area contributed by atoms with Gasteiger partial charge in [-0.15, -0.1) is 0 Å². The minimum Gasteiger partial charge on any atom is -0.458 e. The molecule has 0 aliphatic carbocycles. The molecule has 0 radical (unpaired) electrons. The minimum atomic E-state index is -2.91. The van der Waals surface area contributed by atoms with Crippen LogP contribution >= 0.6 is 0 Å². The number of hydrogen-bond donors (Lipinski definition) is 0. The van der Waals surface area contributed by atoms with Crippen molar-refractivity contribution in [1.82, 2.24) is 9.13 Å². The molecule has 2 aliphatic heterocycles. The van der Waals surface area contributed by atoms with Crippen LogP contribution in [0.3, 0.4) is 0 Å². The molecule has 72 heavy (non-hydrogen) atoms. The lowest BCUT2D eigenvalue weighted by Crippen LogP contribution is -2.74. The third-order valence-corrected chi connectivity index (χ3v) is 20.1. The van der Waals surface area contributed by atoms with E-state index in [0.717, 1.165) is 72.9 Å². The Hall–Kier alpha value is -9.10. The lowest BCUT2D eigenvalue weighted by Gasteiger charge is -2.36. The largest absolute Gasteiger partial charge is 0.458 e. The third kappa shape index (κ3) is 5.87. The molecule has 2 aromatic heterocycles. The Morgan fingerprint density at radius 2 is 0.792 bits per heavy atom. The van der Waals surface area contributed by atoms with Gasteiger partial charge in [0.05, 0.1) is 27.8 Å². The van der Waals surface area contributed by atoms with Crippen LogP contribution in [-0.4, -0.2) is 23.9 Å². The van der Waals surface area contributed by atoms with Gasteiger partial charge in [-0.25, -0.2) is 0 Å². The lowest BCUT2D eigenvalue weighted by atomic mass is 9.34. The van der Waals surface area contributed by atoms with E-state index in [9.17, 15) is 0 Å². The molecule has 0 fully saturated rings. The van der Waals surface area contributed by atoms with E-state index in [1.807, 2.05) is 6.07 Å². The number of fused-ring (bicyclic) bond motifs is 11. The molecule has 6 heteroatoms. The van der Waals surface area contributed by atoms with Crippen molar-refractivity contribution in [3.63, 3.8) is 0 Å². The molecule has 336 valence electrons. The summed E-state index contributed by atoms with van der Waals surface area (Å²) in [5.41, 5.74) is 12.4. The van der Waals surface area contributed by atoms with Gasteiger partial charge in [-0.3, -0.25) is 0 Å². The summed E-state index contributed by atoms with van der Waals surface area (Å²) in [7, 11) is -2.91. The topological polar surface area (TPSA) is 28.3 Å². The first-order chi connectivity index (χ1) is 35.7. The monoisotopic (exact) mass is 934 g/mol. The Bertz CT molecular complexity index is 4190. The van der Waals surface area contributed by atoms with Crippen molar-refractivity contribution in [2.75, 3.05) is 0 Å². The van der Waals surface area contributed by atoms with Crippen LogP contribution in [-0.2, 0) is 0 Å². The van der Waals surface area contributed by atoms with Gasteiger partial charge in [0.2, 0.25) is 0 Å². The van der Waals surface area contributed by atoms with Crippen molar-refractivity contribution in [3.05, 3.63) is 261 Å². The van der Waals surface area contributed by atoms with Crippen LogP contribution in [0.25, 0.3) is 66.1 Å². The van der Waals surface area contributed by atoms with Crippen molar-refractivity contribution in [2.24, 2.45) is 0 Å². The van der Waals surface area contributed by atoms with Gasteiger partial charge in [0.15, 0.2) is 8.07 Å². The molecule has 0 amide bonds. The maximum Gasteiger partial charge on any atom is 0.261 e. The summed E-state index contributed by atoms with van der Waals surface area (Å²) in [6.45, 7) is -0.140. The summed E-state index contributed by atoms with van der Waals surface area (Å²) in [6.07, 6.45) is 0. The Balaban J connectivity index is 1.05. The van der Waals surface area contributed by atoms with Crippen LogP contribution < -0.4 is 46.6 Å². The van der Waals surface area contributed by atoms with E-state index < -0.39 is 8.07 Å². The van der Waals surface area contributed by atoms with Crippen LogP contribution in [0.5, 0.6) is 23.0 Å². The van der Waals surface area contributed by atoms with Crippen molar-refractivity contribution in [2.45, 2.75) is 0 Å². The Kier molecular flexibility index (Phi) is 9.04. The van der Waals surface area contributed by atoms with Gasteiger partial charge in [-0.1, -0.05) is 194 Å². The Morgan fingerprint density at radius 3 is 1.40 bits per heavy atom. The van der Waals surface area contributed by atoms with Crippen molar-refractivity contribution in [1.29, 1.82) is 0 Å². The van der Waals surface area contributed by atoms with Crippen LogP contribution in [0.1, 0.15) is 0 Å². The van der Waals surface area contributed by atoms with E-state index >= 15 is 0 Å². The minimum absolute atomic E-state index is 0.140. The molecule has 15 rings (SSSR count). The number of benzene rings is 11. The SMILES string of the molecule is c1ccc(-n2c3ccccc3c3c4c5ccccc5n(-c5cc6c(c(-c7cccc([Si](c8ccccc8)(c8ccccc8)c8ccccc8)c7)c5)B5c7ccccc7Oc7cccc(c75)O6)c4ccc32)cc1. The highest BCUT2D eigenvalue weighted by molar-refractivity contribution is 7.20. The molecular weight excluding hydrogens is 892 g/mol. The van der Waals surface area contributed by atoms with E-state index in [1.54, 1.807) is 0 Å². The van der Waals surface area contributed by atoms with Crippen LogP contribution in [0, 0.1) is 0 Å². The molecule has 4 nitrogen and oxygen atoms in total. The zero-order valence-electron chi connectivity index (χ0n) is 39.1. The zero-order valence-corrected chi connectivity index (χ0v) is 40.1. The Morgan fingerprint density at radius 1 is 0.319 bits per heavy atom. The van der Waals surface area contributed by atoms with Crippen LogP contribution in [0.2, 0.25) is 0 Å². The molecule has 0 bridgehead atoms. The number of nitrogens with zero attached hydrogens (tertiary/aromatic N) is 2. The maximum atomic E-state index is 7.26. The number of aromatic nitrogens is 2. The average molecular weight is 935 g/mol. The van der Waals surface area contributed by atoms with E-state index in [2.05, 4.69) is 264 Å². The van der Waals surface area contributed by atoms with E-state index in [-0.39, 0.29) is 6.71 Å². The summed E-state index contributed by atoms with van der Waals surface area (Å²) < 4.78 is 18.8. The van der Waals surface area contributed by atoms with Gasteiger partial charge in [0.25, 0.3) is 6.71 Å². The first-order valence-electron chi connectivity index (χ1n) is 24.8. The van der Waals surface area contributed by atoms with Crippen molar-refractivity contribution >= 4 is 95.5 Å². The smallest absolute Gasteiger partial charge is 0.261 e. The first-order valence-corrected chi connectivity index (χ1v) is 26.8. The number of rotatable bonds is 7. The van der Waals surface area contributed by atoms with Crippen molar-refractivity contribution < 1.29 is 9.47 Å². The molecule has 0 spiro atoms. The molecule has 0 atom stereocenters. The number of hydrogen-bond acceptors (Lipinski definition) is 2. The fourth-order valence-electron chi connectivity index (χ4n) is 12.5. The second kappa shape index (κ2) is 16.0. The zero-order chi connectivity index (χ0) is 47.3. The maximum absolute atomic E-state index is 7.26. The van der Waals surface area contributed by atoms with Gasteiger partial charge in [-0.2, -0.15) is 0 Å². The third-order valence-electron chi connectivity index (χ3n) is 15.4. The molecule has 0 saturated heterocycles. The van der Waals surface area contributed by atoms with E-state index in [0.29, 0.717) is 0 Å². The summed E-state index contributed by atoms with van der Waals surface area (Å²) >= 11 is 0. The van der Waals surface area contributed by atoms with Crippen LogP contribution in [0.15, 0.2) is 261 Å². The lowest BCUT2D eigenvalue weighted by molar-refractivity contribution is 0.464. The molecule has 0 unspecified atom stereocenters. The second-order valence-corrected chi connectivity index (χ2v) is 22.9. The van der Waals surface area contributed by atoms with Gasteiger partial charge in [-0.05, 0) is 103 Å². The molecule has 2 aliphatic rings. The van der Waals surface area contributed by atoms with Gasteiger partial charge in [0, 0.05) is 38.8 Å². The van der Waals surface area contributed by atoms with Crippen molar-refractivity contribution in [3.8, 4) is 45.5 Å². The molecule has 11 aromatic carbocycles. The second-order valence-electron chi connectivity index (χ2n) is 19.1. The number of ether oxygens (including phenoxy) is 2. The summed E-state index contributed by atoms with van der Waals surface area (Å²) in [5, 5.41) is 10.2. The number of para-hydroxylation sites is 4. The fraction of sp³-hybridized carbons (Fsp3) is 0. The normalized spacial score (nSPS) is 12.6. The standard InChI is InChI=1S/C66H43BN2O2Si/c1-5-22-45(23-6-1)68-55-34-16-13-31-51(55)63-57(68)39-40-58-64(63)52-32-14-17-35-56(52)69(58)46-42-53(65-62(43-46)71-61-38-20-37-60-66(61)67(65)54-33-15-18-36-59(54)70-60)44-21-19-30-50(41-44)72(47-24-7-2-8-25-47,48-26-9-3-10-27-48)49-28-11-4-12-29-49/h1-43H. The first kappa shape index (κ1) is 40.8. The predicted molar refractivity (Wildman–Crippen MR) is 302 cm³/mol. The average Bonchev–Trinajstić information content (AvgIpc) is 3.97. The van der Waals surface area contributed by atoms with E-state index in [1.165, 1.54) is 53.3 Å². The predicted octanol–water partition coefficient (Wildman–Crippen LogP) is 11.7. The van der Waals surface area contributed by atoms with Gasteiger partial charge < -0.3 is 18.6 Å².